The first-order chi connectivity index (χ1) is 13.0. The van der Waals surface area contributed by atoms with E-state index in [9.17, 15) is 0 Å². The lowest BCUT2D eigenvalue weighted by molar-refractivity contribution is 0.138. The van der Waals surface area contributed by atoms with Crippen LogP contribution >= 0.6 is 23.2 Å². The Bertz CT molecular complexity index is 624. The maximum absolute atomic E-state index is 6.18. The van der Waals surface area contributed by atoms with E-state index in [-0.39, 0.29) is 33.2 Å². The second kappa shape index (κ2) is 8.99. The molecule has 0 aromatic carbocycles. The highest BCUT2D eigenvalue weighted by Gasteiger charge is 2.46. The van der Waals surface area contributed by atoms with Crippen LogP contribution in [0.25, 0.3) is 0 Å². The molecule has 6 nitrogen and oxygen atoms in total. The van der Waals surface area contributed by atoms with Gasteiger partial charge in [-0.1, -0.05) is 13.8 Å². The summed E-state index contributed by atoms with van der Waals surface area (Å²) in [5.74, 6) is 0.573. The molecule has 1 fully saturated rings. The third-order valence-electron chi connectivity index (χ3n) is 5.99. The van der Waals surface area contributed by atoms with Crippen molar-refractivity contribution >= 4 is 29.2 Å². The van der Waals surface area contributed by atoms with Crippen LogP contribution in [0.2, 0.25) is 10.6 Å². The molecule has 2 heterocycles. The van der Waals surface area contributed by atoms with Crippen molar-refractivity contribution in [2.24, 2.45) is 5.73 Å². The number of hydrogen-bond acceptors (Lipinski definition) is 6. The van der Waals surface area contributed by atoms with E-state index >= 15 is 0 Å². The summed E-state index contributed by atoms with van der Waals surface area (Å²) in [5.41, 5.74) is 5.76. The number of anilines is 1. The Morgan fingerprint density at radius 2 is 1.54 bits per heavy atom. The summed E-state index contributed by atoms with van der Waals surface area (Å²) in [6.45, 7) is 14.1. The Morgan fingerprint density at radius 1 is 1.04 bits per heavy atom. The maximum Gasteiger partial charge on any atom is 0.231 e. The molecule has 28 heavy (non-hydrogen) atoms. The lowest BCUT2D eigenvalue weighted by atomic mass is 9.76. The summed E-state index contributed by atoms with van der Waals surface area (Å²) in [4.78, 5) is 15.4. The first-order valence-electron chi connectivity index (χ1n) is 10.3. The number of nitrogens with one attached hydrogen (secondary N) is 1. The van der Waals surface area contributed by atoms with Crippen molar-refractivity contribution < 1.29 is 0 Å². The topological polar surface area (TPSA) is 80.0 Å². The maximum atomic E-state index is 6.18. The molecule has 0 spiro atoms. The Kier molecular flexibility index (Phi) is 7.57. The molecule has 0 radical (unpaired) electrons. The first-order valence-corrected chi connectivity index (χ1v) is 11.1. The fraction of sp³-hybridized carbons (Fsp3) is 0.850. The number of piperidine rings is 1. The molecule has 3 N–H and O–H groups in total. The largest absolute Gasteiger partial charge is 0.332 e. The van der Waals surface area contributed by atoms with Gasteiger partial charge in [0.15, 0.2) is 0 Å². The first kappa shape index (κ1) is 23.6. The van der Waals surface area contributed by atoms with Crippen molar-refractivity contribution in [2.45, 2.75) is 103 Å². The van der Waals surface area contributed by atoms with E-state index in [1.807, 2.05) is 0 Å². The van der Waals surface area contributed by atoms with Gasteiger partial charge in [0.25, 0.3) is 0 Å². The van der Waals surface area contributed by atoms with Gasteiger partial charge in [-0.05, 0) is 96.0 Å². The van der Waals surface area contributed by atoms with Crippen LogP contribution in [0.15, 0.2) is 0 Å². The van der Waals surface area contributed by atoms with E-state index < -0.39 is 0 Å². The van der Waals surface area contributed by atoms with Crippen molar-refractivity contribution in [3.05, 3.63) is 10.6 Å². The number of nitrogens with zero attached hydrogens (tertiary/aromatic N) is 4. The molecule has 1 aromatic rings. The van der Waals surface area contributed by atoms with Crippen molar-refractivity contribution in [1.82, 2.24) is 20.3 Å². The van der Waals surface area contributed by atoms with Crippen LogP contribution in [-0.4, -0.2) is 44.2 Å². The third-order valence-corrected chi connectivity index (χ3v) is 6.33. The molecule has 8 heteroatoms. The van der Waals surface area contributed by atoms with E-state index in [1.165, 1.54) is 0 Å². The molecule has 2 rings (SSSR count). The van der Waals surface area contributed by atoms with E-state index in [4.69, 9.17) is 28.9 Å². The summed E-state index contributed by atoms with van der Waals surface area (Å²) in [6, 6.07) is 0.249. The van der Waals surface area contributed by atoms with Crippen LogP contribution in [0, 0.1) is 0 Å². The molecule has 1 aliphatic rings. The van der Waals surface area contributed by atoms with Gasteiger partial charge in [0.1, 0.15) is 0 Å². The molecule has 0 unspecified atom stereocenters. The van der Waals surface area contributed by atoms with Crippen LogP contribution in [0.5, 0.6) is 0 Å². The molecule has 0 atom stereocenters. The quantitative estimate of drug-likeness (QED) is 0.627. The average molecular weight is 431 g/mol. The van der Waals surface area contributed by atoms with Crippen molar-refractivity contribution in [3.63, 3.8) is 0 Å². The Morgan fingerprint density at radius 3 is 1.96 bits per heavy atom. The second-order valence-corrected chi connectivity index (χ2v) is 10.00. The van der Waals surface area contributed by atoms with Gasteiger partial charge >= 0.3 is 0 Å². The number of nitrogens with two attached hydrogens (primary N) is 1. The third kappa shape index (κ3) is 5.47. The Balaban J connectivity index is 2.60. The number of hydrogen-bond donors (Lipinski definition) is 2. The van der Waals surface area contributed by atoms with Gasteiger partial charge in [0, 0.05) is 22.7 Å². The van der Waals surface area contributed by atoms with Crippen LogP contribution in [-0.2, 0) is 0 Å². The van der Waals surface area contributed by atoms with Gasteiger partial charge in [-0.3, -0.25) is 0 Å². The smallest absolute Gasteiger partial charge is 0.231 e. The molecule has 0 bridgehead atoms. The minimum absolute atomic E-state index is 0.00756. The van der Waals surface area contributed by atoms with Gasteiger partial charge in [0.2, 0.25) is 16.5 Å². The summed E-state index contributed by atoms with van der Waals surface area (Å²) in [5, 5.41) is 4.03. The Labute approximate surface area is 180 Å². The lowest BCUT2D eigenvalue weighted by Gasteiger charge is -2.55. The van der Waals surface area contributed by atoms with Crippen molar-refractivity contribution in [2.75, 3.05) is 11.4 Å². The van der Waals surface area contributed by atoms with Crippen molar-refractivity contribution in [3.8, 4) is 0 Å². The van der Waals surface area contributed by atoms with Crippen LogP contribution < -0.4 is 16.0 Å². The van der Waals surface area contributed by atoms with E-state index in [0.29, 0.717) is 12.5 Å². The number of halogens is 2. The van der Waals surface area contributed by atoms with Crippen LogP contribution in [0.3, 0.4) is 0 Å². The zero-order valence-electron chi connectivity index (χ0n) is 18.1. The predicted molar refractivity (Wildman–Crippen MR) is 118 cm³/mol. The summed E-state index contributed by atoms with van der Waals surface area (Å²) < 4.78 is 0. The van der Waals surface area contributed by atoms with Gasteiger partial charge in [-0.25, -0.2) is 0 Å². The molecule has 0 aliphatic carbocycles. The SMILES string of the molecule is CCC(CC)(CCCN)N(c1nc(Cl)nc(Cl)n1)C1CC(C)(C)NC(C)(C)C1. The zero-order chi connectivity index (χ0) is 21.2. The second-order valence-electron chi connectivity index (χ2n) is 9.32. The minimum Gasteiger partial charge on any atom is -0.332 e. The highest BCUT2D eigenvalue weighted by Crippen LogP contribution is 2.41. The fourth-order valence-electron chi connectivity index (χ4n) is 5.13. The molecule has 1 aromatic heterocycles. The van der Waals surface area contributed by atoms with Gasteiger partial charge in [-0.2, -0.15) is 15.0 Å². The average Bonchev–Trinajstić information content (AvgIpc) is 2.54. The molecular formula is C20H36Cl2N6. The summed E-state index contributed by atoms with van der Waals surface area (Å²) in [7, 11) is 0. The monoisotopic (exact) mass is 430 g/mol. The predicted octanol–water partition coefficient (Wildman–Crippen LogP) is 4.59. The lowest BCUT2D eigenvalue weighted by Crippen LogP contribution is -2.66. The molecule has 1 aliphatic heterocycles. The van der Waals surface area contributed by atoms with Crippen molar-refractivity contribution in [1.29, 1.82) is 0 Å². The van der Waals surface area contributed by atoms with Gasteiger partial charge in [0.05, 0.1) is 0 Å². The summed E-state index contributed by atoms with van der Waals surface area (Å²) >= 11 is 12.4. The molecular weight excluding hydrogens is 395 g/mol. The standard InChI is InChI=1S/C20H36Cl2N6/c1-7-20(8-2,10-9-11-23)28(17-25-15(21)24-16(22)26-17)14-12-18(3,4)27-19(5,6)13-14/h14,27H,7-13,23H2,1-6H3. The normalized spacial score (nSPS) is 19.6. The number of rotatable bonds is 8. The van der Waals surface area contributed by atoms with Gasteiger partial charge in [-0.15, -0.1) is 0 Å². The molecule has 0 saturated carbocycles. The molecule has 0 amide bonds. The van der Waals surface area contributed by atoms with Gasteiger partial charge < -0.3 is 16.0 Å². The van der Waals surface area contributed by atoms with E-state index in [2.05, 4.69) is 66.7 Å². The fourth-order valence-corrected chi connectivity index (χ4v) is 5.49. The molecule has 160 valence electrons. The van der Waals surface area contributed by atoms with E-state index in [0.717, 1.165) is 38.5 Å². The number of aromatic nitrogens is 3. The molecule has 1 saturated heterocycles. The van der Waals surface area contributed by atoms with E-state index in [1.54, 1.807) is 0 Å². The van der Waals surface area contributed by atoms with Crippen LogP contribution in [0.1, 0.15) is 80.1 Å². The minimum atomic E-state index is -0.110. The summed E-state index contributed by atoms with van der Waals surface area (Å²) in [6.07, 6.45) is 5.80. The zero-order valence-corrected chi connectivity index (χ0v) is 19.7. The Hall–Kier alpha value is -0.690. The highest BCUT2D eigenvalue weighted by atomic mass is 35.5. The highest BCUT2D eigenvalue weighted by molar-refractivity contribution is 6.31. The van der Waals surface area contributed by atoms with Crippen LogP contribution in [0.4, 0.5) is 5.95 Å².